The molecular weight excluding hydrogens is 326 g/mol. The van der Waals surface area contributed by atoms with Gasteiger partial charge in [-0.15, -0.1) is 11.3 Å². The molecule has 0 saturated heterocycles. The van der Waals surface area contributed by atoms with Crippen molar-refractivity contribution in [3.8, 4) is 5.75 Å². The van der Waals surface area contributed by atoms with E-state index in [-0.39, 0.29) is 0 Å². The normalized spacial score (nSPS) is 15.7. The van der Waals surface area contributed by atoms with E-state index in [2.05, 4.69) is 27.2 Å². The van der Waals surface area contributed by atoms with E-state index in [1.807, 2.05) is 24.3 Å². The predicted molar refractivity (Wildman–Crippen MR) is 79.4 cm³/mol. The van der Waals surface area contributed by atoms with Gasteiger partial charge in [0.25, 0.3) is 0 Å². The van der Waals surface area contributed by atoms with Crippen LogP contribution < -0.4 is 4.74 Å². The van der Waals surface area contributed by atoms with Gasteiger partial charge < -0.3 is 9.94 Å². The SMILES string of the molecule is O/N=C1/CCc2cc(OCc3ccc(Br)s3)ccc21. The summed E-state index contributed by atoms with van der Waals surface area (Å²) >= 11 is 5.12. The Kier molecular flexibility index (Phi) is 3.57. The molecule has 0 saturated carbocycles. The zero-order chi connectivity index (χ0) is 13.2. The minimum atomic E-state index is 0.579. The molecule has 98 valence electrons. The van der Waals surface area contributed by atoms with Crippen LogP contribution in [0.4, 0.5) is 0 Å². The van der Waals surface area contributed by atoms with Crippen molar-refractivity contribution in [2.24, 2.45) is 5.16 Å². The summed E-state index contributed by atoms with van der Waals surface area (Å²) in [6.45, 7) is 0.579. The van der Waals surface area contributed by atoms with Crippen molar-refractivity contribution in [3.63, 3.8) is 0 Å². The number of ether oxygens (including phenoxy) is 1. The molecule has 19 heavy (non-hydrogen) atoms. The van der Waals surface area contributed by atoms with Crippen LogP contribution >= 0.6 is 27.3 Å². The van der Waals surface area contributed by atoms with Crippen LogP contribution in [0.25, 0.3) is 0 Å². The van der Waals surface area contributed by atoms with Gasteiger partial charge in [-0.1, -0.05) is 5.16 Å². The Morgan fingerprint density at radius 1 is 1.26 bits per heavy atom. The summed E-state index contributed by atoms with van der Waals surface area (Å²) < 4.78 is 6.90. The lowest BCUT2D eigenvalue weighted by atomic mass is 10.1. The summed E-state index contributed by atoms with van der Waals surface area (Å²) in [5.74, 6) is 0.863. The highest BCUT2D eigenvalue weighted by Gasteiger charge is 2.18. The third-order valence-electron chi connectivity index (χ3n) is 3.15. The van der Waals surface area contributed by atoms with Crippen LogP contribution in [0.15, 0.2) is 39.3 Å². The topological polar surface area (TPSA) is 41.8 Å². The molecule has 1 aromatic heterocycles. The monoisotopic (exact) mass is 337 g/mol. The highest BCUT2D eigenvalue weighted by Crippen LogP contribution is 2.28. The summed E-state index contributed by atoms with van der Waals surface area (Å²) in [4.78, 5) is 1.19. The second-order valence-electron chi connectivity index (χ2n) is 4.36. The van der Waals surface area contributed by atoms with E-state index in [1.165, 1.54) is 10.4 Å². The average molecular weight is 338 g/mol. The number of hydrogen-bond acceptors (Lipinski definition) is 4. The third-order valence-corrected chi connectivity index (χ3v) is 4.75. The van der Waals surface area contributed by atoms with E-state index in [4.69, 9.17) is 9.94 Å². The molecule has 0 aliphatic heterocycles. The first-order valence-corrected chi connectivity index (χ1v) is 7.58. The Hall–Kier alpha value is -1.33. The molecule has 1 aromatic carbocycles. The molecule has 1 heterocycles. The smallest absolute Gasteiger partial charge is 0.122 e. The lowest BCUT2D eigenvalue weighted by molar-refractivity contribution is 0.309. The molecule has 2 aromatic rings. The van der Waals surface area contributed by atoms with Crippen LogP contribution in [0.2, 0.25) is 0 Å². The summed E-state index contributed by atoms with van der Waals surface area (Å²) in [7, 11) is 0. The van der Waals surface area contributed by atoms with E-state index >= 15 is 0 Å². The van der Waals surface area contributed by atoms with E-state index in [1.54, 1.807) is 11.3 Å². The molecule has 0 bridgehead atoms. The van der Waals surface area contributed by atoms with Crippen LogP contribution in [0.5, 0.6) is 5.75 Å². The van der Waals surface area contributed by atoms with Crippen molar-refractivity contribution >= 4 is 33.0 Å². The van der Waals surface area contributed by atoms with Gasteiger partial charge in [0, 0.05) is 10.4 Å². The predicted octanol–water partition coefficient (Wildman–Crippen LogP) is 4.21. The minimum Gasteiger partial charge on any atom is -0.488 e. The van der Waals surface area contributed by atoms with Crippen molar-refractivity contribution in [2.45, 2.75) is 19.4 Å². The second kappa shape index (κ2) is 5.35. The van der Waals surface area contributed by atoms with Gasteiger partial charge in [0.15, 0.2) is 0 Å². The molecule has 1 aliphatic carbocycles. The van der Waals surface area contributed by atoms with Crippen molar-refractivity contribution in [1.82, 2.24) is 0 Å². The molecule has 0 spiro atoms. The Morgan fingerprint density at radius 3 is 2.89 bits per heavy atom. The van der Waals surface area contributed by atoms with E-state index in [0.717, 1.165) is 33.7 Å². The fourth-order valence-electron chi connectivity index (χ4n) is 2.22. The lowest BCUT2D eigenvalue weighted by Gasteiger charge is -2.06. The van der Waals surface area contributed by atoms with E-state index < -0.39 is 0 Å². The van der Waals surface area contributed by atoms with E-state index in [0.29, 0.717) is 6.61 Å². The van der Waals surface area contributed by atoms with Gasteiger partial charge in [0.2, 0.25) is 0 Å². The standard InChI is InChI=1S/C14H12BrNO2S/c15-14-6-3-11(19-14)8-18-10-2-4-12-9(7-10)1-5-13(12)16-17/h2-4,6-7,17H,1,5,8H2/b16-13-. The number of benzene rings is 1. The number of fused-ring (bicyclic) bond motifs is 1. The van der Waals surface area contributed by atoms with Crippen LogP contribution in [-0.4, -0.2) is 10.9 Å². The van der Waals surface area contributed by atoms with Gasteiger partial charge in [-0.25, -0.2) is 0 Å². The zero-order valence-corrected chi connectivity index (χ0v) is 12.5. The van der Waals surface area contributed by atoms with Crippen molar-refractivity contribution in [1.29, 1.82) is 0 Å². The molecule has 0 radical (unpaired) electrons. The Morgan fingerprint density at radius 2 is 2.16 bits per heavy atom. The van der Waals surface area contributed by atoms with Crippen LogP contribution in [-0.2, 0) is 13.0 Å². The maximum atomic E-state index is 8.89. The molecule has 0 fully saturated rings. The summed E-state index contributed by atoms with van der Waals surface area (Å²) in [6, 6.07) is 10.0. The third kappa shape index (κ3) is 2.67. The summed E-state index contributed by atoms with van der Waals surface area (Å²) in [5, 5.41) is 12.2. The Balaban J connectivity index is 1.73. The number of hydrogen-bond donors (Lipinski definition) is 1. The molecule has 1 N–H and O–H groups in total. The molecule has 0 atom stereocenters. The average Bonchev–Trinajstić information content (AvgIpc) is 3.01. The van der Waals surface area contributed by atoms with Crippen LogP contribution in [0.3, 0.4) is 0 Å². The first kappa shape index (κ1) is 12.7. The first-order chi connectivity index (χ1) is 9.26. The van der Waals surface area contributed by atoms with Crippen LogP contribution in [0, 0.1) is 0 Å². The second-order valence-corrected chi connectivity index (χ2v) is 6.91. The van der Waals surface area contributed by atoms with E-state index in [9.17, 15) is 0 Å². The number of oxime groups is 1. The van der Waals surface area contributed by atoms with Gasteiger partial charge in [0.1, 0.15) is 12.4 Å². The Labute approximate surface area is 123 Å². The molecule has 3 rings (SSSR count). The highest BCUT2D eigenvalue weighted by atomic mass is 79.9. The van der Waals surface area contributed by atoms with Gasteiger partial charge in [0.05, 0.1) is 9.50 Å². The number of nitrogens with zero attached hydrogens (tertiary/aromatic N) is 1. The maximum Gasteiger partial charge on any atom is 0.122 e. The van der Waals surface area contributed by atoms with Gasteiger partial charge >= 0.3 is 0 Å². The fraction of sp³-hybridized carbons (Fsp3) is 0.214. The van der Waals surface area contributed by atoms with Gasteiger partial charge in [-0.3, -0.25) is 0 Å². The molecule has 5 heteroatoms. The fourth-order valence-corrected chi connectivity index (χ4v) is 3.62. The number of rotatable bonds is 3. The first-order valence-electron chi connectivity index (χ1n) is 5.97. The van der Waals surface area contributed by atoms with Crippen molar-refractivity contribution < 1.29 is 9.94 Å². The van der Waals surface area contributed by atoms with Crippen LogP contribution in [0.1, 0.15) is 22.4 Å². The molecule has 0 unspecified atom stereocenters. The molecule has 0 amide bonds. The minimum absolute atomic E-state index is 0.579. The summed E-state index contributed by atoms with van der Waals surface area (Å²) in [6.07, 6.45) is 1.71. The quantitative estimate of drug-likeness (QED) is 0.673. The molecule has 1 aliphatic rings. The highest BCUT2D eigenvalue weighted by molar-refractivity contribution is 9.11. The van der Waals surface area contributed by atoms with Crippen molar-refractivity contribution in [3.05, 3.63) is 50.1 Å². The number of aryl methyl sites for hydroxylation is 1. The zero-order valence-electron chi connectivity index (χ0n) is 10.1. The summed E-state index contributed by atoms with van der Waals surface area (Å²) in [5.41, 5.74) is 3.00. The largest absolute Gasteiger partial charge is 0.488 e. The number of halogens is 1. The molecular formula is C14H12BrNO2S. The lowest BCUT2D eigenvalue weighted by Crippen LogP contribution is -1.96. The van der Waals surface area contributed by atoms with Crippen molar-refractivity contribution in [2.75, 3.05) is 0 Å². The number of thiophene rings is 1. The molecule has 3 nitrogen and oxygen atoms in total. The van der Waals surface area contributed by atoms with Gasteiger partial charge in [-0.2, -0.15) is 0 Å². The van der Waals surface area contributed by atoms with Gasteiger partial charge in [-0.05, 0) is 64.7 Å². The maximum absolute atomic E-state index is 8.89. The Bertz CT molecular complexity index is 636.